The molecule has 1 saturated carbocycles. The molecular weight excluding hydrogens is 401 g/mol. The normalized spacial score (nSPS) is 23.1. The van der Waals surface area contributed by atoms with Gasteiger partial charge in [-0.3, -0.25) is 9.69 Å². The molecule has 0 bridgehead atoms. The van der Waals surface area contributed by atoms with Crippen LogP contribution in [0.3, 0.4) is 0 Å². The van der Waals surface area contributed by atoms with Crippen LogP contribution in [0.1, 0.15) is 22.5 Å². The van der Waals surface area contributed by atoms with Crippen LogP contribution in [0.25, 0.3) is 0 Å². The van der Waals surface area contributed by atoms with Gasteiger partial charge in [0, 0.05) is 19.0 Å². The molecule has 4 atom stereocenters. The largest absolute Gasteiger partial charge is 0.487 e. The second-order valence-corrected chi connectivity index (χ2v) is 7.68. The van der Waals surface area contributed by atoms with Crippen molar-refractivity contribution in [2.75, 3.05) is 7.05 Å². The maximum atomic E-state index is 13.6. The van der Waals surface area contributed by atoms with E-state index < -0.39 is 36.0 Å². The van der Waals surface area contributed by atoms with Gasteiger partial charge in [0.05, 0.1) is 12.1 Å². The maximum absolute atomic E-state index is 13.6. The van der Waals surface area contributed by atoms with E-state index in [1.54, 1.807) is 12.1 Å². The number of rotatable bonds is 7. The highest BCUT2D eigenvalue weighted by molar-refractivity contribution is 5.92. The SMILES string of the molecule is CN(Cc1ccccc1)[C@@H]1[C@@H](O)[C@H](Oc2cccc(F)c2)C[C@H]1NC(=O)c1cocn1. The van der Waals surface area contributed by atoms with Crippen LogP contribution in [0.2, 0.25) is 0 Å². The van der Waals surface area contributed by atoms with Gasteiger partial charge in [0.2, 0.25) is 0 Å². The number of carbonyl (C=O) groups is 1. The van der Waals surface area contributed by atoms with Crippen LogP contribution in [0.4, 0.5) is 4.39 Å². The number of likely N-dealkylation sites (N-methyl/N-ethyl adjacent to an activating group) is 1. The lowest BCUT2D eigenvalue weighted by Gasteiger charge is -2.32. The molecule has 8 heteroatoms. The molecule has 4 rings (SSSR count). The molecule has 1 aliphatic rings. The van der Waals surface area contributed by atoms with E-state index in [4.69, 9.17) is 9.15 Å². The number of nitrogens with zero attached hydrogens (tertiary/aromatic N) is 2. The Labute approximate surface area is 179 Å². The quantitative estimate of drug-likeness (QED) is 0.605. The summed E-state index contributed by atoms with van der Waals surface area (Å²) in [7, 11) is 1.89. The standard InChI is InChI=1S/C23H24FN3O4/c1-27(12-15-6-3-2-4-7-15)21-18(26-23(29)19-13-30-14-25-19)11-20(22(21)28)31-17-9-5-8-16(24)10-17/h2-10,13-14,18,20-22,28H,11-12H2,1H3,(H,26,29)/t18-,20-,21+,22+/m1/s1. The molecule has 1 aliphatic carbocycles. The molecule has 1 aromatic heterocycles. The van der Waals surface area contributed by atoms with Gasteiger partial charge in [0.15, 0.2) is 12.1 Å². The number of aromatic nitrogens is 1. The van der Waals surface area contributed by atoms with E-state index in [2.05, 4.69) is 10.3 Å². The van der Waals surface area contributed by atoms with E-state index in [0.717, 1.165) is 5.56 Å². The summed E-state index contributed by atoms with van der Waals surface area (Å²) >= 11 is 0. The fraction of sp³-hybridized carbons (Fsp3) is 0.304. The predicted octanol–water partition coefficient (Wildman–Crippen LogP) is 2.62. The van der Waals surface area contributed by atoms with Crippen molar-refractivity contribution in [1.82, 2.24) is 15.2 Å². The van der Waals surface area contributed by atoms with Gasteiger partial charge >= 0.3 is 0 Å². The molecule has 0 saturated heterocycles. The van der Waals surface area contributed by atoms with Crippen molar-refractivity contribution in [3.63, 3.8) is 0 Å². The lowest BCUT2D eigenvalue weighted by atomic mass is 10.1. The Morgan fingerprint density at radius 2 is 2.10 bits per heavy atom. The lowest BCUT2D eigenvalue weighted by Crippen LogP contribution is -2.51. The maximum Gasteiger partial charge on any atom is 0.273 e. The van der Waals surface area contributed by atoms with Crippen molar-refractivity contribution in [3.8, 4) is 5.75 Å². The average Bonchev–Trinajstić information content (AvgIpc) is 3.38. The number of carbonyl (C=O) groups excluding carboxylic acids is 1. The van der Waals surface area contributed by atoms with Gasteiger partial charge in [-0.15, -0.1) is 0 Å². The van der Waals surface area contributed by atoms with Crippen molar-refractivity contribution in [1.29, 1.82) is 0 Å². The van der Waals surface area contributed by atoms with Gasteiger partial charge in [0.25, 0.3) is 5.91 Å². The van der Waals surface area contributed by atoms with Gasteiger partial charge in [-0.25, -0.2) is 9.37 Å². The first-order valence-electron chi connectivity index (χ1n) is 10.0. The molecule has 0 unspecified atom stereocenters. The number of aliphatic hydroxyl groups is 1. The Bertz CT molecular complexity index is 999. The number of hydrogen-bond acceptors (Lipinski definition) is 6. The van der Waals surface area contributed by atoms with Crippen LogP contribution in [0, 0.1) is 5.82 Å². The first-order valence-corrected chi connectivity index (χ1v) is 10.0. The van der Waals surface area contributed by atoms with Crippen LogP contribution in [0.5, 0.6) is 5.75 Å². The third-order valence-electron chi connectivity index (χ3n) is 5.48. The van der Waals surface area contributed by atoms with Crippen molar-refractivity contribution in [3.05, 3.63) is 84.3 Å². The van der Waals surface area contributed by atoms with Gasteiger partial charge in [-0.05, 0) is 24.7 Å². The molecule has 1 heterocycles. The molecule has 7 nitrogen and oxygen atoms in total. The fourth-order valence-electron chi connectivity index (χ4n) is 4.08. The monoisotopic (exact) mass is 425 g/mol. The zero-order chi connectivity index (χ0) is 21.8. The lowest BCUT2D eigenvalue weighted by molar-refractivity contribution is 0.0124. The molecule has 1 amide bonds. The van der Waals surface area contributed by atoms with E-state index in [0.29, 0.717) is 18.7 Å². The second kappa shape index (κ2) is 9.28. The summed E-state index contributed by atoms with van der Waals surface area (Å²) in [5.41, 5.74) is 1.24. The van der Waals surface area contributed by atoms with Gasteiger partial charge in [0.1, 0.15) is 30.0 Å². The first kappa shape index (κ1) is 21.0. The minimum absolute atomic E-state index is 0.161. The van der Waals surface area contributed by atoms with Crippen LogP contribution < -0.4 is 10.1 Å². The third kappa shape index (κ3) is 4.92. The number of oxazole rings is 1. The second-order valence-electron chi connectivity index (χ2n) is 7.68. The highest BCUT2D eigenvalue weighted by Crippen LogP contribution is 2.30. The molecule has 1 fully saturated rings. The zero-order valence-electron chi connectivity index (χ0n) is 17.0. The van der Waals surface area contributed by atoms with Crippen LogP contribution in [-0.2, 0) is 6.54 Å². The Morgan fingerprint density at radius 1 is 1.29 bits per heavy atom. The van der Waals surface area contributed by atoms with E-state index in [-0.39, 0.29) is 5.69 Å². The van der Waals surface area contributed by atoms with Crippen molar-refractivity contribution >= 4 is 5.91 Å². The van der Waals surface area contributed by atoms with E-state index in [1.165, 1.54) is 24.8 Å². The van der Waals surface area contributed by atoms with E-state index in [1.807, 2.05) is 42.3 Å². The fourth-order valence-corrected chi connectivity index (χ4v) is 4.08. The zero-order valence-corrected chi connectivity index (χ0v) is 17.0. The van der Waals surface area contributed by atoms with Gasteiger partial charge in [-0.1, -0.05) is 36.4 Å². The summed E-state index contributed by atoms with van der Waals surface area (Å²) in [6.45, 7) is 0.575. The van der Waals surface area contributed by atoms with E-state index in [9.17, 15) is 14.3 Å². The molecule has 0 radical (unpaired) electrons. The Kier molecular flexibility index (Phi) is 6.29. The number of ether oxygens (including phenoxy) is 1. The smallest absolute Gasteiger partial charge is 0.273 e. The Morgan fingerprint density at radius 3 is 2.81 bits per heavy atom. The summed E-state index contributed by atoms with van der Waals surface area (Å²) in [6.07, 6.45) is 1.29. The number of amides is 1. The van der Waals surface area contributed by atoms with Crippen molar-refractivity contribution in [2.45, 2.75) is 37.3 Å². The first-order chi connectivity index (χ1) is 15.0. The molecule has 2 aromatic carbocycles. The van der Waals surface area contributed by atoms with Crippen molar-refractivity contribution in [2.24, 2.45) is 0 Å². The number of halogens is 1. The number of aliphatic hydroxyl groups excluding tert-OH is 1. The molecule has 2 N–H and O–H groups in total. The molecular formula is C23H24FN3O4. The summed E-state index contributed by atoms with van der Waals surface area (Å²) in [5.74, 6) is -0.480. The van der Waals surface area contributed by atoms with E-state index >= 15 is 0 Å². The average molecular weight is 425 g/mol. The topological polar surface area (TPSA) is 87.8 Å². The molecule has 3 aromatic rings. The molecule has 0 aliphatic heterocycles. The Hall–Kier alpha value is -3.23. The highest BCUT2D eigenvalue weighted by atomic mass is 19.1. The molecule has 162 valence electrons. The summed E-state index contributed by atoms with van der Waals surface area (Å²) in [5, 5.41) is 14.0. The third-order valence-corrected chi connectivity index (χ3v) is 5.48. The van der Waals surface area contributed by atoms with Crippen LogP contribution >= 0.6 is 0 Å². The minimum atomic E-state index is -0.903. The number of nitrogens with one attached hydrogen (secondary N) is 1. The summed E-state index contributed by atoms with van der Waals surface area (Å²) in [4.78, 5) is 18.5. The predicted molar refractivity (Wildman–Crippen MR) is 111 cm³/mol. The number of benzene rings is 2. The van der Waals surface area contributed by atoms with Crippen LogP contribution in [0.15, 0.2) is 71.7 Å². The van der Waals surface area contributed by atoms with Crippen molar-refractivity contribution < 1.29 is 23.4 Å². The minimum Gasteiger partial charge on any atom is -0.487 e. The van der Waals surface area contributed by atoms with Gasteiger partial charge < -0.3 is 19.6 Å². The molecule has 31 heavy (non-hydrogen) atoms. The Balaban J connectivity index is 1.54. The van der Waals surface area contributed by atoms with Crippen LogP contribution in [-0.4, -0.2) is 52.2 Å². The number of hydrogen-bond donors (Lipinski definition) is 2. The summed E-state index contributed by atoms with van der Waals surface area (Å²) < 4.78 is 24.4. The highest BCUT2D eigenvalue weighted by Gasteiger charge is 2.46. The summed E-state index contributed by atoms with van der Waals surface area (Å²) in [6, 6.07) is 14.8. The molecule has 0 spiro atoms. The van der Waals surface area contributed by atoms with Gasteiger partial charge in [-0.2, -0.15) is 0 Å².